The van der Waals surface area contributed by atoms with Gasteiger partial charge in [-0.25, -0.2) is 0 Å². The van der Waals surface area contributed by atoms with Crippen LogP contribution in [-0.4, -0.2) is 5.91 Å². The van der Waals surface area contributed by atoms with Gasteiger partial charge in [0.1, 0.15) is 0 Å². The Balaban J connectivity index is 2.46. The molecule has 5 heteroatoms. The molecular weight excluding hydrogens is 396 g/mol. The Kier molecular flexibility index (Phi) is 4.74. The number of nitrogens with two attached hydrogens (primary N) is 1. The Labute approximate surface area is 141 Å². The number of amides is 1. The molecular formula is C16H16Br2N2O. The Morgan fingerprint density at radius 2 is 1.57 bits per heavy atom. The van der Waals surface area contributed by atoms with Crippen LogP contribution >= 0.6 is 31.9 Å². The molecule has 0 saturated heterocycles. The topological polar surface area (TPSA) is 55.1 Å². The number of aryl methyl sites for hydroxylation is 1. The minimum absolute atomic E-state index is 0.122. The molecule has 0 saturated carbocycles. The fraction of sp³-hybridized carbons (Fsp3) is 0.188. The second kappa shape index (κ2) is 6.20. The van der Waals surface area contributed by atoms with Gasteiger partial charge in [0.2, 0.25) is 0 Å². The number of nitrogens with one attached hydrogen (secondary N) is 1. The van der Waals surface area contributed by atoms with Gasteiger partial charge in [-0.1, -0.05) is 18.2 Å². The van der Waals surface area contributed by atoms with Gasteiger partial charge in [0.15, 0.2) is 0 Å². The predicted octanol–water partition coefficient (Wildman–Crippen LogP) is 4.97. The molecule has 1 amide bonds. The summed E-state index contributed by atoms with van der Waals surface area (Å²) in [6.07, 6.45) is 0. The fourth-order valence-electron chi connectivity index (χ4n) is 2.20. The van der Waals surface area contributed by atoms with Crippen LogP contribution in [0, 0.1) is 20.8 Å². The molecule has 3 N–H and O–H groups in total. The number of rotatable bonds is 2. The maximum absolute atomic E-state index is 12.5. The van der Waals surface area contributed by atoms with Gasteiger partial charge in [0.05, 0.1) is 5.69 Å². The van der Waals surface area contributed by atoms with Crippen molar-refractivity contribution in [1.82, 2.24) is 0 Å². The number of carbonyl (C=O) groups is 1. The smallest absolute Gasteiger partial charge is 0.255 e. The monoisotopic (exact) mass is 410 g/mol. The first-order valence-corrected chi connectivity index (χ1v) is 8.03. The lowest BCUT2D eigenvalue weighted by atomic mass is 10.1. The summed E-state index contributed by atoms with van der Waals surface area (Å²) in [5.74, 6) is -0.122. The van der Waals surface area contributed by atoms with Crippen LogP contribution in [0.5, 0.6) is 0 Å². The zero-order valence-corrected chi connectivity index (χ0v) is 15.2. The molecule has 0 aromatic heterocycles. The van der Waals surface area contributed by atoms with E-state index in [4.69, 9.17) is 5.73 Å². The van der Waals surface area contributed by atoms with E-state index < -0.39 is 0 Å². The highest BCUT2D eigenvalue weighted by molar-refractivity contribution is 9.11. The van der Waals surface area contributed by atoms with Gasteiger partial charge in [-0.15, -0.1) is 0 Å². The quantitative estimate of drug-likeness (QED) is 0.685. The highest BCUT2D eigenvalue weighted by Gasteiger charge is 2.17. The van der Waals surface area contributed by atoms with Gasteiger partial charge in [-0.05, 0) is 75.4 Å². The molecule has 0 bridgehead atoms. The molecule has 0 aliphatic carbocycles. The van der Waals surface area contributed by atoms with Crippen molar-refractivity contribution in [1.29, 1.82) is 0 Å². The molecule has 0 spiro atoms. The number of carbonyl (C=O) groups excluding carboxylic acids is 1. The molecule has 0 heterocycles. The van der Waals surface area contributed by atoms with Crippen LogP contribution in [-0.2, 0) is 0 Å². The van der Waals surface area contributed by atoms with Gasteiger partial charge in [-0.3, -0.25) is 4.79 Å². The second-order valence-corrected chi connectivity index (χ2v) is 6.52. The average molecular weight is 412 g/mol. The zero-order valence-electron chi connectivity index (χ0n) is 12.1. The largest absolute Gasteiger partial charge is 0.397 e. The van der Waals surface area contributed by atoms with Crippen molar-refractivity contribution in [3.8, 4) is 0 Å². The molecule has 110 valence electrons. The van der Waals surface area contributed by atoms with Gasteiger partial charge in [-0.2, -0.15) is 0 Å². The Morgan fingerprint density at radius 1 is 1.05 bits per heavy atom. The Bertz CT molecular complexity index is 697. The number of hydrogen-bond donors (Lipinski definition) is 2. The number of benzene rings is 2. The lowest BCUT2D eigenvalue weighted by Gasteiger charge is -2.17. The SMILES string of the molecule is Cc1ccccc1C(=O)Nc1c(C)c(Br)c(N)c(Br)c1C. The highest BCUT2D eigenvalue weighted by Crippen LogP contribution is 2.40. The van der Waals surface area contributed by atoms with Crippen LogP contribution in [0.2, 0.25) is 0 Å². The van der Waals surface area contributed by atoms with Crippen LogP contribution in [0.15, 0.2) is 33.2 Å². The van der Waals surface area contributed by atoms with Crippen LogP contribution in [0.1, 0.15) is 27.0 Å². The Hall–Kier alpha value is -1.33. The van der Waals surface area contributed by atoms with Crippen LogP contribution < -0.4 is 11.1 Å². The zero-order chi connectivity index (χ0) is 15.7. The van der Waals surface area contributed by atoms with Crippen LogP contribution in [0.25, 0.3) is 0 Å². The molecule has 0 aliphatic rings. The van der Waals surface area contributed by atoms with E-state index in [1.54, 1.807) is 0 Å². The minimum atomic E-state index is -0.122. The molecule has 2 rings (SSSR count). The summed E-state index contributed by atoms with van der Waals surface area (Å²) in [4.78, 5) is 12.5. The van der Waals surface area contributed by atoms with Crippen molar-refractivity contribution in [2.75, 3.05) is 11.1 Å². The van der Waals surface area contributed by atoms with E-state index in [2.05, 4.69) is 37.2 Å². The van der Waals surface area contributed by atoms with Crippen molar-refractivity contribution < 1.29 is 4.79 Å². The van der Waals surface area contributed by atoms with Gasteiger partial charge < -0.3 is 11.1 Å². The number of anilines is 2. The second-order valence-electron chi connectivity index (χ2n) is 4.94. The van der Waals surface area contributed by atoms with Crippen molar-refractivity contribution >= 4 is 49.1 Å². The normalized spacial score (nSPS) is 10.5. The van der Waals surface area contributed by atoms with Crippen molar-refractivity contribution in [3.05, 3.63) is 55.5 Å². The van der Waals surface area contributed by atoms with Crippen molar-refractivity contribution in [3.63, 3.8) is 0 Å². The molecule has 0 unspecified atom stereocenters. The van der Waals surface area contributed by atoms with E-state index >= 15 is 0 Å². The number of nitrogen functional groups attached to an aromatic ring is 1. The number of halogens is 2. The summed E-state index contributed by atoms with van der Waals surface area (Å²) in [6, 6.07) is 7.51. The standard InChI is InChI=1S/C16H16Br2N2O/c1-8-6-4-5-7-11(8)16(21)20-15-9(2)12(17)14(19)13(18)10(15)3/h4-7H,19H2,1-3H3,(H,20,21). The minimum Gasteiger partial charge on any atom is -0.397 e. The third-order valence-corrected chi connectivity index (χ3v) is 5.55. The van der Waals surface area contributed by atoms with E-state index in [9.17, 15) is 4.79 Å². The van der Waals surface area contributed by atoms with Crippen molar-refractivity contribution in [2.24, 2.45) is 0 Å². The highest BCUT2D eigenvalue weighted by atomic mass is 79.9. The van der Waals surface area contributed by atoms with E-state index in [0.29, 0.717) is 11.3 Å². The third kappa shape index (κ3) is 2.99. The lowest BCUT2D eigenvalue weighted by molar-refractivity contribution is 0.102. The van der Waals surface area contributed by atoms with E-state index in [-0.39, 0.29) is 5.91 Å². The summed E-state index contributed by atoms with van der Waals surface area (Å²) >= 11 is 6.94. The van der Waals surface area contributed by atoms with Crippen LogP contribution in [0.4, 0.5) is 11.4 Å². The summed E-state index contributed by atoms with van der Waals surface area (Å²) in [5, 5.41) is 2.99. The molecule has 21 heavy (non-hydrogen) atoms. The molecule has 0 fully saturated rings. The first kappa shape index (κ1) is 16.0. The van der Waals surface area contributed by atoms with Gasteiger partial charge in [0, 0.05) is 20.2 Å². The van der Waals surface area contributed by atoms with E-state index in [1.165, 1.54) is 0 Å². The molecule has 3 nitrogen and oxygen atoms in total. The summed E-state index contributed by atoms with van der Waals surface area (Å²) in [5.41, 5.74) is 10.9. The first-order chi connectivity index (χ1) is 9.84. The summed E-state index contributed by atoms with van der Waals surface area (Å²) < 4.78 is 1.58. The van der Waals surface area contributed by atoms with Crippen LogP contribution in [0.3, 0.4) is 0 Å². The molecule has 2 aromatic carbocycles. The maximum Gasteiger partial charge on any atom is 0.255 e. The third-order valence-electron chi connectivity index (χ3n) is 3.51. The lowest BCUT2D eigenvalue weighted by Crippen LogP contribution is -2.15. The molecule has 0 radical (unpaired) electrons. The van der Waals surface area contributed by atoms with Crippen molar-refractivity contribution in [2.45, 2.75) is 20.8 Å². The van der Waals surface area contributed by atoms with Gasteiger partial charge >= 0.3 is 0 Å². The molecule has 0 aliphatic heterocycles. The molecule has 2 aromatic rings. The first-order valence-electron chi connectivity index (χ1n) is 6.45. The van der Waals surface area contributed by atoms with Gasteiger partial charge in [0.25, 0.3) is 5.91 Å². The number of hydrogen-bond acceptors (Lipinski definition) is 2. The molecule has 0 atom stereocenters. The van der Waals surface area contributed by atoms with E-state index in [0.717, 1.165) is 31.3 Å². The Morgan fingerprint density at radius 3 is 2.10 bits per heavy atom. The average Bonchev–Trinajstić information content (AvgIpc) is 2.48. The summed E-state index contributed by atoms with van der Waals surface area (Å²) in [7, 11) is 0. The van der Waals surface area contributed by atoms with E-state index in [1.807, 2.05) is 45.0 Å². The predicted molar refractivity (Wildman–Crippen MR) is 94.9 cm³/mol. The summed E-state index contributed by atoms with van der Waals surface area (Å²) in [6.45, 7) is 5.77. The fourth-order valence-corrected chi connectivity index (χ4v) is 3.26. The maximum atomic E-state index is 12.5.